The molecular formula is C24H41FS2. The van der Waals surface area contributed by atoms with Crippen molar-refractivity contribution in [2.75, 3.05) is 11.5 Å². The fraction of sp³-hybridized carbons (Fsp3) is 0.833. The van der Waals surface area contributed by atoms with Crippen LogP contribution < -0.4 is 0 Å². The summed E-state index contributed by atoms with van der Waals surface area (Å²) in [6, 6.07) is 0. The Morgan fingerprint density at radius 1 is 0.889 bits per heavy atom. The van der Waals surface area contributed by atoms with Crippen LogP contribution in [-0.2, 0) is 0 Å². The summed E-state index contributed by atoms with van der Waals surface area (Å²) in [7, 11) is 0. The van der Waals surface area contributed by atoms with Gasteiger partial charge < -0.3 is 0 Å². The smallest absolute Gasteiger partial charge is 0.0966 e. The maximum atomic E-state index is 14.8. The zero-order chi connectivity index (χ0) is 19.2. The monoisotopic (exact) mass is 412 g/mol. The molecule has 27 heavy (non-hydrogen) atoms. The van der Waals surface area contributed by atoms with Gasteiger partial charge in [0.15, 0.2) is 0 Å². The Labute approximate surface area is 176 Å². The van der Waals surface area contributed by atoms with Crippen LogP contribution in [0.15, 0.2) is 24.1 Å². The van der Waals surface area contributed by atoms with Gasteiger partial charge in [0, 0.05) is 6.42 Å². The van der Waals surface area contributed by atoms with Crippen LogP contribution in [0.1, 0.15) is 103 Å². The van der Waals surface area contributed by atoms with Crippen molar-refractivity contribution in [3.63, 3.8) is 0 Å². The Hall–Kier alpha value is 0.110. The number of rotatable bonds is 12. The molecule has 2 aliphatic rings. The molecule has 2 fully saturated rings. The maximum absolute atomic E-state index is 14.8. The molecule has 0 bridgehead atoms. The van der Waals surface area contributed by atoms with Gasteiger partial charge in [-0.1, -0.05) is 57.3 Å². The molecule has 0 aromatic heterocycles. The molecule has 3 heteroatoms. The number of unbranched alkanes of at least 4 members (excludes halogenated alkanes) is 6. The number of hydrogen-bond acceptors (Lipinski definition) is 2. The lowest BCUT2D eigenvalue weighted by molar-refractivity contribution is 0.197. The molecule has 156 valence electrons. The molecule has 0 N–H and O–H groups in total. The fourth-order valence-corrected chi connectivity index (χ4v) is 7.95. The van der Waals surface area contributed by atoms with Gasteiger partial charge in [-0.05, 0) is 74.7 Å². The lowest BCUT2D eigenvalue weighted by Crippen LogP contribution is -2.35. The average molecular weight is 413 g/mol. The number of thioether (sulfide) groups is 2. The van der Waals surface area contributed by atoms with Gasteiger partial charge in [-0.2, -0.15) is 0 Å². The first-order valence-electron chi connectivity index (χ1n) is 11.5. The Kier molecular flexibility index (Phi) is 12.3. The summed E-state index contributed by atoms with van der Waals surface area (Å²) in [6.07, 6.45) is 24.6. The SMILES string of the molecule is CCCCCC=CCCCCC=C(F)CC1(C2SCCCS2)CCCCC1. The summed E-state index contributed by atoms with van der Waals surface area (Å²) in [5.74, 6) is 2.73. The quantitative estimate of drug-likeness (QED) is 0.231. The Morgan fingerprint density at radius 3 is 2.19 bits per heavy atom. The molecule has 1 heterocycles. The number of allylic oxidation sites excluding steroid dienone is 4. The van der Waals surface area contributed by atoms with Crippen LogP contribution in [0.5, 0.6) is 0 Å². The van der Waals surface area contributed by atoms with Crippen molar-refractivity contribution in [3.05, 3.63) is 24.1 Å². The minimum atomic E-state index is 0.179. The van der Waals surface area contributed by atoms with Crippen molar-refractivity contribution >= 4 is 23.5 Å². The zero-order valence-electron chi connectivity index (χ0n) is 17.5. The van der Waals surface area contributed by atoms with Crippen molar-refractivity contribution in [2.24, 2.45) is 5.41 Å². The first-order valence-corrected chi connectivity index (χ1v) is 13.6. The first kappa shape index (κ1) is 23.4. The normalized spacial score (nSPS) is 21.8. The summed E-state index contributed by atoms with van der Waals surface area (Å²) in [4.78, 5) is 0. The summed E-state index contributed by atoms with van der Waals surface area (Å²) in [5.41, 5.74) is 0.232. The molecular weight excluding hydrogens is 371 g/mol. The van der Waals surface area contributed by atoms with Crippen molar-refractivity contribution in [1.82, 2.24) is 0 Å². The molecule has 1 saturated carbocycles. The molecule has 1 aliphatic heterocycles. The van der Waals surface area contributed by atoms with Gasteiger partial charge in [0.05, 0.1) is 10.4 Å². The van der Waals surface area contributed by atoms with E-state index in [1.807, 2.05) is 6.08 Å². The van der Waals surface area contributed by atoms with Gasteiger partial charge in [-0.25, -0.2) is 4.39 Å². The molecule has 0 spiro atoms. The summed E-state index contributed by atoms with van der Waals surface area (Å²) < 4.78 is 15.4. The summed E-state index contributed by atoms with van der Waals surface area (Å²) in [5, 5.41) is 0. The predicted octanol–water partition coefficient (Wildman–Crippen LogP) is 9.07. The Morgan fingerprint density at radius 2 is 1.52 bits per heavy atom. The van der Waals surface area contributed by atoms with Gasteiger partial charge in [-0.15, -0.1) is 23.5 Å². The predicted molar refractivity (Wildman–Crippen MR) is 124 cm³/mol. The van der Waals surface area contributed by atoms with E-state index in [0.29, 0.717) is 11.0 Å². The lowest BCUT2D eigenvalue weighted by atomic mass is 9.72. The van der Waals surface area contributed by atoms with Crippen molar-refractivity contribution in [2.45, 2.75) is 108 Å². The van der Waals surface area contributed by atoms with Crippen LogP contribution in [0.25, 0.3) is 0 Å². The average Bonchev–Trinajstić information content (AvgIpc) is 2.71. The van der Waals surface area contributed by atoms with E-state index < -0.39 is 0 Å². The molecule has 0 nitrogen and oxygen atoms in total. The Balaban J connectivity index is 1.69. The highest BCUT2D eigenvalue weighted by Gasteiger charge is 2.41. The largest absolute Gasteiger partial charge is 0.212 e. The lowest BCUT2D eigenvalue weighted by Gasteiger charge is -2.44. The highest BCUT2D eigenvalue weighted by atomic mass is 32.2. The van der Waals surface area contributed by atoms with Gasteiger partial charge in [0.2, 0.25) is 0 Å². The van der Waals surface area contributed by atoms with Crippen LogP contribution in [0.2, 0.25) is 0 Å². The van der Waals surface area contributed by atoms with E-state index in [4.69, 9.17) is 0 Å². The van der Waals surface area contributed by atoms with E-state index in [1.54, 1.807) is 0 Å². The topological polar surface area (TPSA) is 0 Å². The molecule has 0 radical (unpaired) electrons. The van der Waals surface area contributed by atoms with Crippen LogP contribution in [0, 0.1) is 5.41 Å². The zero-order valence-corrected chi connectivity index (χ0v) is 19.2. The van der Waals surface area contributed by atoms with Crippen molar-refractivity contribution < 1.29 is 4.39 Å². The highest BCUT2D eigenvalue weighted by molar-refractivity contribution is 8.17. The molecule has 0 aromatic rings. The van der Waals surface area contributed by atoms with E-state index in [9.17, 15) is 4.39 Å². The molecule has 0 aromatic carbocycles. The molecule has 0 atom stereocenters. The third kappa shape index (κ3) is 8.98. The number of hydrogen-bond donors (Lipinski definition) is 0. The van der Waals surface area contributed by atoms with E-state index in [1.165, 1.54) is 82.1 Å². The standard InChI is InChI=1S/C24H41FS2/c1-2-3-4-5-6-7-8-9-10-12-16-22(25)21-24(17-13-11-14-18-24)23-26-19-15-20-27-23/h6-7,16,23H,2-5,8-15,17-21H2,1H3. The van der Waals surface area contributed by atoms with Crippen LogP contribution in [0.3, 0.4) is 0 Å². The second-order valence-electron chi connectivity index (χ2n) is 8.43. The molecule has 0 amide bonds. The second-order valence-corrected chi connectivity index (χ2v) is 11.2. The summed E-state index contributed by atoms with van der Waals surface area (Å²) >= 11 is 4.23. The van der Waals surface area contributed by atoms with E-state index in [0.717, 1.165) is 19.3 Å². The fourth-order valence-electron chi connectivity index (χ4n) is 4.41. The minimum absolute atomic E-state index is 0.179. The number of halogens is 1. The Bertz CT molecular complexity index is 432. The minimum Gasteiger partial charge on any atom is -0.212 e. The third-order valence-corrected chi connectivity index (χ3v) is 9.50. The molecule has 0 unspecified atom stereocenters. The summed E-state index contributed by atoms with van der Waals surface area (Å²) in [6.45, 7) is 2.25. The van der Waals surface area contributed by atoms with Crippen molar-refractivity contribution in [1.29, 1.82) is 0 Å². The van der Waals surface area contributed by atoms with Gasteiger partial charge in [-0.3, -0.25) is 0 Å². The van der Waals surface area contributed by atoms with Crippen LogP contribution in [-0.4, -0.2) is 16.1 Å². The van der Waals surface area contributed by atoms with Crippen LogP contribution >= 0.6 is 23.5 Å². The van der Waals surface area contributed by atoms with Crippen LogP contribution in [0.4, 0.5) is 4.39 Å². The highest BCUT2D eigenvalue weighted by Crippen LogP contribution is 2.54. The van der Waals surface area contributed by atoms with E-state index in [-0.39, 0.29) is 11.2 Å². The second kappa shape index (κ2) is 14.1. The van der Waals surface area contributed by atoms with E-state index >= 15 is 0 Å². The van der Waals surface area contributed by atoms with Gasteiger partial charge in [0.25, 0.3) is 0 Å². The maximum Gasteiger partial charge on any atom is 0.0966 e. The van der Waals surface area contributed by atoms with E-state index in [2.05, 4.69) is 42.6 Å². The van der Waals surface area contributed by atoms with Gasteiger partial charge >= 0.3 is 0 Å². The molecule has 2 rings (SSSR count). The molecule has 1 aliphatic carbocycles. The third-order valence-electron chi connectivity index (χ3n) is 6.03. The van der Waals surface area contributed by atoms with Gasteiger partial charge in [0.1, 0.15) is 0 Å². The first-order chi connectivity index (χ1) is 13.3. The molecule has 1 saturated heterocycles. The van der Waals surface area contributed by atoms with Crippen molar-refractivity contribution in [3.8, 4) is 0 Å².